The van der Waals surface area contributed by atoms with Crippen LogP contribution in [-0.4, -0.2) is 27.5 Å². The lowest BCUT2D eigenvalue weighted by atomic mass is 9.97. The third-order valence-electron chi connectivity index (χ3n) is 5.12. The van der Waals surface area contributed by atoms with Gasteiger partial charge in [0.25, 0.3) is 0 Å². The zero-order valence-corrected chi connectivity index (χ0v) is 16.5. The summed E-state index contributed by atoms with van der Waals surface area (Å²) in [5.41, 5.74) is 3.41. The fraction of sp³-hybridized carbons (Fsp3) is 0.381. The fourth-order valence-electron chi connectivity index (χ4n) is 3.66. The summed E-state index contributed by atoms with van der Waals surface area (Å²) < 4.78 is 5.75. The Hall–Kier alpha value is -2.47. The van der Waals surface area contributed by atoms with Crippen LogP contribution in [0, 0.1) is 6.92 Å². The molecule has 0 aliphatic carbocycles. The van der Waals surface area contributed by atoms with Gasteiger partial charge in [0.2, 0.25) is 17.7 Å². The van der Waals surface area contributed by atoms with Gasteiger partial charge in [-0.2, -0.15) is 0 Å². The minimum atomic E-state index is 0.161. The standard InChI is InChI=1S/C21H23N3O2S/c1-3-17-16-11-13-27-18(16)10-12-24(17)20(25)9-8-19-22-23-21(26-19)15-6-4-14(2)5-7-15/h4-7,11,13,17H,3,8-10,12H2,1-2H3. The van der Waals surface area contributed by atoms with Gasteiger partial charge in [-0.3, -0.25) is 4.79 Å². The molecule has 6 heteroatoms. The zero-order chi connectivity index (χ0) is 18.8. The number of hydrogen-bond acceptors (Lipinski definition) is 5. The normalized spacial score (nSPS) is 16.4. The van der Waals surface area contributed by atoms with E-state index in [0.29, 0.717) is 24.6 Å². The summed E-state index contributed by atoms with van der Waals surface area (Å²) in [6.45, 7) is 4.98. The molecule has 0 N–H and O–H groups in total. The van der Waals surface area contributed by atoms with E-state index in [1.807, 2.05) is 36.1 Å². The molecule has 1 aromatic carbocycles. The molecular weight excluding hydrogens is 358 g/mol. The highest BCUT2D eigenvalue weighted by atomic mass is 32.1. The van der Waals surface area contributed by atoms with Crippen molar-refractivity contribution in [3.63, 3.8) is 0 Å². The van der Waals surface area contributed by atoms with Gasteiger partial charge in [-0.15, -0.1) is 21.5 Å². The van der Waals surface area contributed by atoms with Gasteiger partial charge in [-0.25, -0.2) is 0 Å². The van der Waals surface area contributed by atoms with Gasteiger partial charge in [-0.05, 0) is 48.9 Å². The molecule has 2 aromatic heterocycles. The van der Waals surface area contributed by atoms with Crippen LogP contribution in [0.4, 0.5) is 0 Å². The van der Waals surface area contributed by atoms with E-state index in [9.17, 15) is 4.79 Å². The summed E-state index contributed by atoms with van der Waals surface area (Å²) in [6.07, 6.45) is 2.76. The van der Waals surface area contributed by atoms with Crippen molar-refractivity contribution in [2.45, 2.75) is 45.6 Å². The fourth-order valence-corrected chi connectivity index (χ4v) is 4.59. The van der Waals surface area contributed by atoms with Gasteiger partial charge >= 0.3 is 0 Å². The summed E-state index contributed by atoms with van der Waals surface area (Å²) in [5.74, 6) is 1.18. The lowest BCUT2D eigenvalue weighted by molar-refractivity contribution is -0.134. The van der Waals surface area contributed by atoms with Crippen LogP contribution < -0.4 is 0 Å². The van der Waals surface area contributed by atoms with E-state index in [-0.39, 0.29) is 11.9 Å². The van der Waals surface area contributed by atoms with Crippen molar-refractivity contribution >= 4 is 17.2 Å². The summed E-state index contributed by atoms with van der Waals surface area (Å²) in [5, 5.41) is 10.4. The second-order valence-electron chi connectivity index (χ2n) is 6.93. The van der Waals surface area contributed by atoms with E-state index in [1.54, 1.807) is 11.3 Å². The number of aromatic nitrogens is 2. The van der Waals surface area contributed by atoms with Crippen LogP contribution in [0.15, 0.2) is 40.1 Å². The number of carbonyl (C=O) groups excluding carboxylic acids is 1. The average molecular weight is 382 g/mol. The highest BCUT2D eigenvalue weighted by molar-refractivity contribution is 7.10. The van der Waals surface area contributed by atoms with Gasteiger partial charge in [0.1, 0.15) is 0 Å². The van der Waals surface area contributed by atoms with Crippen molar-refractivity contribution in [3.8, 4) is 11.5 Å². The molecule has 0 spiro atoms. The first-order valence-corrected chi connectivity index (χ1v) is 10.3. The summed E-state index contributed by atoms with van der Waals surface area (Å²) in [4.78, 5) is 16.3. The van der Waals surface area contributed by atoms with Crippen molar-refractivity contribution in [2.24, 2.45) is 0 Å². The number of fused-ring (bicyclic) bond motifs is 1. The topological polar surface area (TPSA) is 59.2 Å². The predicted molar refractivity (Wildman–Crippen MR) is 106 cm³/mol. The molecule has 0 radical (unpaired) electrons. The first kappa shape index (κ1) is 17.9. The summed E-state index contributed by atoms with van der Waals surface area (Å²) in [6, 6.07) is 10.3. The van der Waals surface area contributed by atoms with Crippen molar-refractivity contribution in [2.75, 3.05) is 6.54 Å². The molecule has 1 aliphatic heterocycles. The quantitative estimate of drug-likeness (QED) is 0.649. The van der Waals surface area contributed by atoms with E-state index in [0.717, 1.165) is 24.9 Å². The Balaban J connectivity index is 1.40. The molecule has 0 saturated heterocycles. The van der Waals surface area contributed by atoms with Crippen LogP contribution in [0.3, 0.4) is 0 Å². The highest BCUT2D eigenvalue weighted by Crippen LogP contribution is 2.35. The lowest BCUT2D eigenvalue weighted by Crippen LogP contribution is -2.39. The van der Waals surface area contributed by atoms with E-state index in [1.165, 1.54) is 16.0 Å². The second kappa shape index (κ2) is 7.64. The first-order valence-electron chi connectivity index (χ1n) is 9.41. The Morgan fingerprint density at radius 2 is 2.07 bits per heavy atom. The molecule has 1 aliphatic rings. The second-order valence-corrected chi connectivity index (χ2v) is 7.93. The molecule has 140 valence electrons. The van der Waals surface area contributed by atoms with E-state index in [2.05, 4.69) is 28.6 Å². The smallest absolute Gasteiger partial charge is 0.247 e. The maximum Gasteiger partial charge on any atom is 0.247 e. The molecule has 1 amide bonds. The number of benzene rings is 1. The molecular formula is C21H23N3O2S. The number of carbonyl (C=O) groups is 1. The Labute approximate surface area is 163 Å². The minimum absolute atomic E-state index is 0.161. The van der Waals surface area contributed by atoms with E-state index < -0.39 is 0 Å². The van der Waals surface area contributed by atoms with Crippen molar-refractivity contribution in [3.05, 3.63) is 57.6 Å². The monoisotopic (exact) mass is 381 g/mol. The summed E-state index contributed by atoms with van der Waals surface area (Å²) in [7, 11) is 0. The predicted octanol–water partition coefficient (Wildman–Crippen LogP) is 4.58. The zero-order valence-electron chi connectivity index (χ0n) is 15.6. The Morgan fingerprint density at radius 1 is 1.26 bits per heavy atom. The van der Waals surface area contributed by atoms with Crippen LogP contribution in [0.25, 0.3) is 11.5 Å². The Kier molecular flexibility index (Phi) is 5.07. The number of rotatable bonds is 5. The van der Waals surface area contributed by atoms with Crippen LogP contribution in [0.1, 0.15) is 47.7 Å². The van der Waals surface area contributed by atoms with Crippen molar-refractivity contribution < 1.29 is 9.21 Å². The van der Waals surface area contributed by atoms with Gasteiger partial charge < -0.3 is 9.32 Å². The molecule has 27 heavy (non-hydrogen) atoms. The molecule has 0 fully saturated rings. The van der Waals surface area contributed by atoms with Crippen LogP contribution >= 0.6 is 11.3 Å². The van der Waals surface area contributed by atoms with Crippen LogP contribution in [0.2, 0.25) is 0 Å². The van der Waals surface area contributed by atoms with Crippen molar-refractivity contribution in [1.29, 1.82) is 0 Å². The van der Waals surface area contributed by atoms with Gasteiger partial charge in [-0.1, -0.05) is 24.6 Å². The SMILES string of the molecule is CCC1c2ccsc2CCN1C(=O)CCc1nnc(-c2ccc(C)cc2)o1. The lowest BCUT2D eigenvalue weighted by Gasteiger charge is -2.35. The molecule has 3 heterocycles. The van der Waals surface area contributed by atoms with E-state index >= 15 is 0 Å². The number of aryl methyl sites for hydroxylation is 2. The first-order chi connectivity index (χ1) is 13.2. The van der Waals surface area contributed by atoms with Gasteiger partial charge in [0.15, 0.2) is 0 Å². The molecule has 0 saturated carbocycles. The summed E-state index contributed by atoms with van der Waals surface area (Å²) >= 11 is 1.80. The number of amides is 1. The third kappa shape index (κ3) is 3.67. The molecule has 3 aromatic rings. The van der Waals surface area contributed by atoms with E-state index in [4.69, 9.17) is 4.42 Å². The minimum Gasteiger partial charge on any atom is -0.421 e. The number of hydrogen-bond donors (Lipinski definition) is 0. The van der Waals surface area contributed by atoms with Crippen LogP contribution in [-0.2, 0) is 17.6 Å². The molecule has 1 atom stereocenters. The molecule has 4 rings (SSSR count). The molecule has 5 nitrogen and oxygen atoms in total. The van der Waals surface area contributed by atoms with Crippen molar-refractivity contribution in [1.82, 2.24) is 15.1 Å². The highest BCUT2D eigenvalue weighted by Gasteiger charge is 2.30. The largest absolute Gasteiger partial charge is 0.421 e. The molecule has 0 bridgehead atoms. The van der Waals surface area contributed by atoms with Gasteiger partial charge in [0.05, 0.1) is 6.04 Å². The maximum atomic E-state index is 12.8. The van der Waals surface area contributed by atoms with Gasteiger partial charge in [0, 0.05) is 29.8 Å². The number of thiophene rings is 1. The third-order valence-corrected chi connectivity index (χ3v) is 6.12. The Morgan fingerprint density at radius 3 is 2.85 bits per heavy atom. The number of nitrogens with zero attached hydrogens (tertiary/aromatic N) is 3. The van der Waals surface area contributed by atoms with Crippen LogP contribution in [0.5, 0.6) is 0 Å². The molecule has 1 unspecified atom stereocenters. The average Bonchev–Trinajstić information content (AvgIpc) is 3.35. The Bertz CT molecular complexity index is 929. The maximum absolute atomic E-state index is 12.8.